The lowest BCUT2D eigenvalue weighted by molar-refractivity contribution is 0.225. The van der Waals surface area contributed by atoms with E-state index < -0.39 is 10.0 Å². The van der Waals surface area contributed by atoms with E-state index in [0.717, 1.165) is 18.7 Å². The second kappa shape index (κ2) is 5.90. The van der Waals surface area contributed by atoms with Gasteiger partial charge in [-0.25, -0.2) is 23.5 Å². The molecule has 7 nitrogen and oxygen atoms in total. The molecule has 2 heterocycles. The lowest BCUT2D eigenvalue weighted by atomic mass is 10.3. The van der Waals surface area contributed by atoms with E-state index >= 15 is 0 Å². The number of nitrogens with two attached hydrogens (primary N) is 1. The summed E-state index contributed by atoms with van der Waals surface area (Å²) in [5.41, 5.74) is 0. The minimum absolute atomic E-state index is 0.0592. The van der Waals surface area contributed by atoms with E-state index in [-0.39, 0.29) is 11.0 Å². The van der Waals surface area contributed by atoms with Gasteiger partial charge in [-0.3, -0.25) is 0 Å². The van der Waals surface area contributed by atoms with Crippen molar-refractivity contribution in [3.63, 3.8) is 0 Å². The monoisotopic (exact) mass is 320 g/mol. The standard InChI is InChI=1S/C14H16N4O3S/c15-22(19,20)13-8-16-14(17-9-13)18-7-6-12(10-18)21-11-4-2-1-3-5-11/h1-5,8-9,12H,6-7,10H2,(H2,15,19,20)/t12-/m1/s1. The van der Waals surface area contributed by atoms with Crippen LogP contribution in [0, 0.1) is 0 Å². The van der Waals surface area contributed by atoms with E-state index in [0.29, 0.717) is 12.5 Å². The van der Waals surface area contributed by atoms with Gasteiger partial charge in [-0.05, 0) is 12.1 Å². The molecule has 1 aliphatic rings. The van der Waals surface area contributed by atoms with Gasteiger partial charge in [0, 0.05) is 13.0 Å². The van der Waals surface area contributed by atoms with Crippen LogP contribution in [0.15, 0.2) is 47.6 Å². The van der Waals surface area contributed by atoms with Gasteiger partial charge in [0.05, 0.1) is 18.9 Å². The fourth-order valence-electron chi connectivity index (χ4n) is 2.32. The Morgan fingerprint density at radius 3 is 2.50 bits per heavy atom. The number of para-hydroxylation sites is 1. The molecule has 1 aromatic carbocycles. The van der Waals surface area contributed by atoms with Gasteiger partial charge >= 0.3 is 0 Å². The van der Waals surface area contributed by atoms with Crippen LogP contribution in [0.1, 0.15) is 6.42 Å². The van der Waals surface area contributed by atoms with E-state index in [2.05, 4.69) is 9.97 Å². The number of primary sulfonamides is 1. The minimum atomic E-state index is -3.76. The van der Waals surface area contributed by atoms with E-state index in [9.17, 15) is 8.42 Å². The number of sulfonamides is 1. The number of rotatable bonds is 4. The van der Waals surface area contributed by atoms with Crippen LogP contribution >= 0.6 is 0 Å². The van der Waals surface area contributed by atoms with E-state index in [1.54, 1.807) is 0 Å². The third kappa shape index (κ3) is 3.34. The van der Waals surface area contributed by atoms with Crippen LogP contribution in [0.4, 0.5) is 5.95 Å². The smallest absolute Gasteiger partial charge is 0.241 e. The van der Waals surface area contributed by atoms with Crippen LogP contribution in [0.3, 0.4) is 0 Å². The van der Waals surface area contributed by atoms with Crippen molar-refractivity contribution in [3.8, 4) is 5.75 Å². The summed E-state index contributed by atoms with van der Waals surface area (Å²) in [7, 11) is -3.76. The maximum absolute atomic E-state index is 11.2. The third-order valence-corrected chi connectivity index (χ3v) is 4.28. The van der Waals surface area contributed by atoms with Gasteiger partial charge in [-0.1, -0.05) is 18.2 Å². The highest BCUT2D eigenvalue weighted by Crippen LogP contribution is 2.21. The molecule has 1 fully saturated rings. The molecule has 0 saturated carbocycles. The number of anilines is 1. The number of hydrogen-bond acceptors (Lipinski definition) is 6. The number of nitrogens with zero attached hydrogens (tertiary/aromatic N) is 3. The first-order chi connectivity index (χ1) is 10.5. The number of aromatic nitrogens is 2. The van der Waals surface area contributed by atoms with Crippen molar-refractivity contribution in [3.05, 3.63) is 42.7 Å². The molecular weight excluding hydrogens is 304 g/mol. The summed E-state index contributed by atoms with van der Waals surface area (Å²) in [5, 5.41) is 5.03. The van der Waals surface area contributed by atoms with Crippen LogP contribution in [-0.4, -0.2) is 37.6 Å². The molecule has 1 atom stereocenters. The Kier molecular flexibility index (Phi) is 3.95. The average molecular weight is 320 g/mol. The Hall–Kier alpha value is -2.19. The summed E-state index contributed by atoms with van der Waals surface area (Å²) in [6, 6.07) is 9.63. The number of hydrogen-bond donors (Lipinski definition) is 1. The van der Waals surface area contributed by atoms with Crippen molar-refractivity contribution in [1.29, 1.82) is 0 Å². The SMILES string of the molecule is NS(=O)(=O)c1cnc(N2CC[C@@H](Oc3ccccc3)C2)nc1. The van der Waals surface area contributed by atoms with Gasteiger partial charge in [-0.2, -0.15) is 0 Å². The zero-order valence-electron chi connectivity index (χ0n) is 11.8. The van der Waals surface area contributed by atoms with Crippen molar-refractivity contribution in [2.24, 2.45) is 5.14 Å². The fraction of sp³-hybridized carbons (Fsp3) is 0.286. The van der Waals surface area contributed by atoms with Crippen LogP contribution in [0.5, 0.6) is 5.75 Å². The van der Waals surface area contributed by atoms with Crippen LogP contribution in [-0.2, 0) is 10.0 Å². The average Bonchev–Trinajstić information content (AvgIpc) is 2.96. The molecule has 0 amide bonds. The fourth-order valence-corrected chi connectivity index (χ4v) is 2.72. The first-order valence-corrected chi connectivity index (χ1v) is 8.38. The van der Waals surface area contributed by atoms with Gasteiger partial charge in [-0.15, -0.1) is 0 Å². The molecule has 0 bridgehead atoms. The molecule has 0 radical (unpaired) electrons. The molecule has 1 saturated heterocycles. The molecular formula is C14H16N4O3S. The number of benzene rings is 1. The first-order valence-electron chi connectivity index (χ1n) is 6.84. The molecule has 3 rings (SSSR count). The quantitative estimate of drug-likeness (QED) is 0.894. The molecule has 22 heavy (non-hydrogen) atoms. The molecule has 0 unspecified atom stereocenters. The highest BCUT2D eigenvalue weighted by Gasteiger charge is 2.26. The zero-order valence-corrected chi connectivity index (χ0v) is 12.6. The molecule has 8 heteroatoms. The van der Waals surface area contributed by atoms with Crippen LogP contribution < -0.4 is 14.8 Å². The van der Waals surface area contributed by atoms with Crippen molar-refractivity contribution in [2.75, 3.05) is 18.0 Å². The Balaban J connectivity index is 1.65. The Labute approximate surface area is 128 Å². The van der Waals surface area contributed by atoms with Gasteiger partial charge in [0.1, 0.15) is 16.7 Å². The highest BCUT2D eigenvalue weighted by atomic mass is 32.2. The summed E-state index contributed by atoms with van der Waals surface area (Å²) < 4.78 is 28.3. The summed E-state index contributed by atoms with van der Waals surface area (Å²) in [5.74, 6) is 1.31. The second-order valence-corrected chi connectivity index (χ2v) is 6.61. The van der Waals surface area contributed by atoms with Gasteiger partial charge in [0.25, 0.3) is 0 Å². The Morgan fingerprint density at radius 2 is 1.86 bits per heavy atom. The van der Waals surface area contributed by atoms with Gasteiger partial charge in [0.15, 0.2) is 0 Å². The minimum Gasteiger partial charge on any atom is -0.489 e. The lowest BCUT2D eigenvalue weighted by Gasteiger charge is -2.17. The zero-order chi connectivity index (χ0) is 15.6. The van der Waals surface area contributed by atoms with E-state index in [1.165, 1.54) is 12.4 Å². The largest absolute Gasteiger partial charge is 0.489 e. The van der Waals surface area contributed by atoms with E-state index in [4.69, 9.17) is 9.88 Å². The first kappa shape index (κ1) is 14.7. The molecule has 0 spiro atoms. The molecule has 2 aromatic rings. The van der Waals surface area contributed by atoms with Crippen molar-refractivity contribution >= 4 is 16.0 Å². The van der Waals surface area contributed by atoms with Crippen molar-refractivity contribution in [2.45, 2.75) is 17.4 Å². The second-order valence-electron chi connectivity index (χ2n) is 5.05. The third-order valence-electron chi connectivity index (χ3n) is 3.42. The molecule has 2 N–H and O–H groups in total. The summed E-state index contributed by atoms with van der Waals surface area (Å²) in [6.07, 6.45) is 3.37. The maximum atomic E-state index is 11.2. The van der Waals surface area contributed by atoms with Crippen LogP contribution in [0.25, 0.3) is 0 Å². The van der Waals surface area contributed by atoms with Gasteiger partial charge < -0.3 is 9.64 Å². The Bertz CT molecular complexity index is 734. The molecule has 1 aliphatic heterocycles. The number of ether oxygens (including phenoxy) is 1. The lowest BCUT2D eigenvalue weighted by Crippen LogP contribution is -2.26. The summed E-state index contributed by atoms with van der Waals surface area (Å²) in [4.78, 5) is 10.0. The highest BCUT2D eigenvalue weighted by molar-refractivity contribution is 7.89. The predicted octanol–water partition coefficient (Wildman–Crippen LogP) is 0.782. The van der Waals surface area contributed by atoms with Gasteiger partial charge in [0.2, 0.25) is 16.0 Å². The maximum Gasteiger partial charge on any atom is 0.241 e. The molecule has 0 aliphatic carbocycles. The summed E-state index contributed by atoms with van der Waals surface area (Å²) in [6.45, 7) is 1.41. The van der Waals surface area contributed by atoms with Crippen LogP contribution in [0.2, 0.25) is 0 Å². The topological polar surface area (TPSA) is 98.4 Å². The summed E-state index contributed by atoms with van der Waals surface area (Å²) >= 11 is 0. The molecule has 116 valence electrons. The normalized spacial score (nSPS) is 18.4. The predicted molar refractivity (Wildman–Crippen MR) is 81.1 cm³/mol. The molecule has 1 aromatic heterocycles. The Morgan fingerprint density at radius 1 is 1.18 bits per heavy atom. The van der Waals surface area contributed by atoms with Crippen molar-refractivity contribution in [1.82, 2.24) is 9.97 Å². The van der Waals surface area contributed by atoms with E-state index in [1.807, 2.05) is 35.2 Å². The van der Waals surface area contributed by atoms with Crippen molar-refractivity contribution < 1.29 is 13.2 Å².